The molecular weight excluding hydrogens is 325 g/mol. The van der Waals surface area contributed by atoms with Gasteiger partial charge in [0.1, 0.15) is 11.5 Å². The van der Waals surface area contributed by atoms with E-state index in [2.05, 4.69) is 0 Å². The van der Waals surface area contributed by atoms with E-state index in [0.717, 1.165) is 0 Å². The average molecular weight is 336 g/mol. The highest BCUT2D eigenvalue weighted by Gasteiger charge is 2.11. The largest absolute Gasteiger partial charge is 0.495 e. The van der Waals surface area contributed by atoms with Gasteiger partial charge in [-0.05, 0) is 36.4 Å². The van der Waals surface area contributed by atoms with Gasteiger partial charge in [-0.2, -0.15) is 5.26 Å². The SMILES string of the molecule is COc1ccc(C(=O)COc2ccc(C#N)cc2Cl)cc1Cl. The van der Waals surface area contributed by atoms with Crippen molar-refractivity contribution >= 4 is 29.0 Å². The van der Waals surface area contributed by atoms with E-state index in [1.54, 1.807) is 24.3 Å². The van der Waals surface area contributed by atoms with Gasteiger partial charge in [-0.3, -0.25) is 4.79 Å². The van der Waals surface area contributed by atoms with Crippen molar-refractivity contribution in [3.8, 4) is 17.6 Å². The van der Waals surface area contributed by atoms with Gasteiger partial charge in [0.05, 0.1) is 28.8 Å². The summed E-state index contributed by atoms with van der Waals surface area (Å²) in [5.41, 5.74) is 0.834. The molecule has 2 rings (SSSR count). The van der Waals surface area contributed by atoms with Crippen molar-refractivity contribution in [2.75, 3.05) is 13.7 Å². The topological polar surface area (TPSA) is 59.3 Å². The molecule has 0 saturated carbocycles. The fourth-order valence-electron chi connectivity index (χ4n) is 1.75. The summed E-state index contributed by atoms with van der Waals surface area (Å²) < 4.78 is 10.4. The molecule has 0 bridgehead atoms. The van der Waals surface area contributed by atoms with Crippen molar-refractivity contribution in [1.82, 2.24) is 0 Å². The number of hydrogen-bond acceptors (Lipinski definition) is 4. The zero-order valence-corrected chi connectivity index (χ0v) is 13.1. The number of rotatable bonds is 5. The predicted molar refractivity (Wildman–Crippen MR) is 84.0 cm³/mol. The molecule has 0 saturated heterocycles. The van der Waals surface area contributed by atoms with Crippen molar-refractivity contribution in [3.05, 3.63) is 57.6 Å². The maximum Gasteiger partial charge on any atom is 0.200 e. The zero-order valence-electron chi connectivity index (χ0n) is 11.6. The van der Waals surface area contributed by atoms with Crippen molar-refractivity contribution < 1.29 is 14.3 Å². The molecule has 0 amide bonds. The van der Waals surface area contributed by atoms with Crippen LogP contribution in [0.3, 0.4) is 0 Å². The van der Waals surface area contributed by atoms with E-state index in [1.807, 2.05) is 6.07 Å². The lowest BCUT2D eigenvalue weighted by Gasteiger charge is -2.09. The third-order valence-electron chi connectivity index (χ3n) is 2.89. The van der Waals surface area contributed by atoms with E-state index < -0.39 is 0 Å². The standard InChI is InChI=1S/C16H11Cl2NO3/c1-21-15-5-3-11(7-13(15)18)14(20)9-22-16-4-2-10(8-19)6-12(16)17/h2-7H,9H2,1H3. The normalized spacial score (nSPS) is 9.91. The van der Waals surface area contributed by atoms with Gasteiger partial charge in [0.15, 0.2) is 12.4 Å². The third kappa shape index (κ3) is 3.70. The molecule has 2 aromatic rings. The van der Waals surface area contributed by atoms with Crippen molar-refractivity contribution in [2.45, 2.75) is 0 Å². The summed E-state index contributed by atoms with van der Waals surface area (Å²) in [5.74, 6) is 0.591. The molecule has 6 heteroatoms. The number of benzene rings is 2. The molecule has 4 nitrogen and oxygen atoms in total. The lowest BCUT2D eigenvalue weighted by atomic mass is 10.1. The van der Waals surface area contributed by atoms with Crippen LogP contribution in [-0.4, -0.2) is 19.5 Å². The molecule has 0 atom stereocenters. The molecule has 112 valence electrons. The van der Waals surface area contributed by atoms with Gasteiger partial charge in [-0.25, -0.2) is 0 Å². The molecule has 0 aliphatic carbocycles. The number of ketones is 1. The van der Waals surface area contributed by atoms with E-state index >= 15 is 0 Å². The van der Waals surface area contributed by atoms with Gasteiger partial charge in [0.2, 0.25) is 0 Å². The maximum atomic E-state index is 12.1. The number of halogens is 2. The molecular formula is C16H11Cl2NO3. The number of ether oxygens (including phenoxy) is 2. The Morgan fingerprint density at radius 2 is 1.82 bits per heavy atom. The average Bonchev–Trinajstić information content (AvgIpc) is 2.53. The number of Topliss-reactive ketones (excluding diaryl/α,β-unsaturated/α-hetero) is 1. The van der Waals surface area contributed by atoms with Gasteiger partial charge in [-0.1, -0.05) is 23.2 Å². The molecule has 0 unspecified atom stereocenters. The molecule has 2 aromatic carbocycles. The Morgan fingerprint density at radius 3 is 2.41 bits per heavy atom. The van der Waals surface area contributed by atoms with Crippen LogP contribution in [0.25, 0.3) is 0 Å². The van der Waals surface area contributed by atoms with E-state index in [1.165, 1.54) is 19.2 Å². The fraction of sp³-hybridized carbons (Fsp3) is 0.125. The molecule has 0 heterocycles. The van der Waals surface area contributed by atoms with Gasteiger partial charge in [-0.15, -0.1) is 0 Å². The van der Waals surface area contributed by atoms with E-state index in [4.69, 9.17) is 37.9 Å². The Bertz CT molecular complexity index is 754. The van der Waals surface area contributed by atoms with Crippen molar-refractivity contribution in [2.24, 2.45) is 0 Å². The van der Waals surface area contributed by atoms with Crippen LogP contribution >= 0.6 is 23.2 Å². The molecule has 0 aliphatic rings. The minimum absolute atomic E-state index is 0.186. The molecule has 0 N–H and O–H groups in total. The molecule has 0 radical (unpaired) electrons. The highest BCUT2D eigenvalue weighted by Crippen LogP contribution is 2.27. The first-order valence-corrected chi connectivity index (χ1v) is 7.00. The van der Waals surface area contributed by atoms with E-state index in [9.17, 15) is 4.79 Å². The van der Waals surface area contributed by atoms with Crippen LogP contribution in [0.15, 0.2) is 36.4 Å². The second-order valence-corrected chi connectivity index (χ2v) is 5.13. The van der Waals surface area contributed by atoms with Gasteiger partial charge >= 0.3 is 0 Å². The van der Waals surface area contributed by atoms with Crippen LogP contribution in [0.4, 0.5) is 0 Å². The highest BCUT2D eigenvalue weighted by molar-refractivity contribution is 6.32. The first-order valence-electron chi connectivity index (χ1n) is 6.24. The number of hydrogen-bond donors (Lipinski definition) is 0. The molecule has 22 heavy (non-hydrogen) atoms. The minimum atomic E-state index is -0.245. The van der Waals surface area contributed by atoms with Crippen LogP contribution in [0, 0.1) is 11.3 Å². The van der Waals surface area contributed by atoms with Crippen LogP contribution in [-0.2, 0) is 0 Å². The van der Waals surface area contributed by atoms with Crippen molar-refractivity contribution in [3.63, 3.8) is 0 Å². The fourth-order valence-corrected chi connectivity index (χ4v) is 2.25. The van der Waals surface area contributed by atoms with E-state index in [0.29, 0.717) is 27.6 Å². The summed E-state index contributed by atoms with van der Waals surface area (Å²) in [6, 6.07) is 11.3. The van der Waals surface area contributed by atoms with Gasteiger partial charge in [0, 0.05) is 5.56 Å². The number of carbonyl (C=O) groups is 1. The van der Waals surface area contributed by atoms with E-state index in [-0.39, 0.29) is 17.4 Å². The summed E-state index contributed by atoms with van der Waals surface area (Å²) in [4.78, 5) is 12.1. The predicted octanol–water partition coefficient (Wildman–Crippen LogP) is 4.14. The Kier molecular flexibility index (Phi) is 5.26. The highest BCUT2D eigenvalue weighted by atomic mass is 35.5. The smallest absolute Gasteiger partial charge is 0.200 e. The Morgan fingerprint density at radius 1 is 1.14 bits per heavy atom. The van der Waals surface area contributed by atoms with Gasteiger partial charge in [0.25, 0.3) is 0 Å². The van der Waals surface area contributed by atoms with Crippen LogP contribution in [0.1, 0.15) is 15.9 Å². The number of nitrogens with zero attached hydrogens (tertiary/aromatic N) is 1. The Balaban J connectivity index is 2.07. The minimum Gasteiger partial charge on any atom is -0.495 e. The number of carbonyl (C=O) groups excluding carboxylic acids is 1. The molecule has 0 spiro atoms. The first-order chi connectivity index (χ1) is 10.5. The second-order valence-electron chi connectivity index (χ2n) is 4.32. The summed E-state index contributed by atoms with van der Waals surface area (Å²) in [6.45, 7) is -0.186. The quantitative estimate of drug-likeness (QED) is 0.770. The number of nitriles is 1. The van der Waals surface area contributed by atoms with Crippen molar-refractivity contribution in [1.29, 1.82) is 5.26 Å². The second kappa shape index (κ2) is 7.17. The van der Waals surface area contributed by atoms with Crippen LogP contribution in [0.5, 0.6) is 11.5 Å². The summed E-state index contributed by atoms with van der Waals surface area (Å²) in [6.07, 6.45) is 0. The number of methoxy groups -OCH3 is 1. The Labute approximate surface area is 137 Å². The van der Waals surface area contributed by atoms with Gasteiger partial charge < -0.3 is 9.47 Å². The lowest BCUT2D eigenvalue weighted by Crippen LogP contribution is -2.11. The monoisotopic (exact) mass is 335 g/mol. The lowest BCUT2D eigenvalue weighted by molar-refractivity contribution is 0.0921. The molecule has 0 aliphatic heterocycles. The van der Waals surface area contributed by atoms with Crippen LogP contribution in [0.2, 0.25) is 10.0 Å². The summed E-state index contributed by atoms with van der Waals surface area (Å²) >= 11 is 12.0. The molecule has 0 aromatic heterocycles. The Hall–Kier alpha value is -2.22. The zero-order chi connectivity index (χ0) is 16.1. The summed E-state index contributed by atoms with van der Waals surface area (Å²) in [5, 5.41) is 9.39. The summed E-state index contributed by atoms with van der Waals surface area (Å²) in [7, 11) is 1.50. The molecule has 0 fully saturated rings. The third-order valence-corrected chi connectivity index (χ3v) is 3.48. The maximum absolute atomic E-state index is 12.1. The van der Waals surface area contributed by atoms with Crippen LogP contribution < -0.4 is 9.47 Å². The first kappa shape index (κ1) is 16.2.